The molecule has 0 bridgehead atoms. The fraction of sp³-hybridized carbons (Fsp3) is 0.455. The third kappa shape index (κ3) is 4.18. The number of hydrogen-bond donors (Lipinski definition) is 0. The molecule has 0 radical (unpaired) electrons. The van der Waals surface area contributed by atoms with E-state index >= 15 is 0 Å². The Labute approximate surface area is 155 Å². The van der Waals surface area contributed by atoms with Gasteiger partial charge in [-0.3, -0.25) is 0 Å². The van der Waals surface area contributed by atoms with Crippen molar-refractivity contribution in [3.8, 4) is 0 Å². The first-order chi connectivity index (χ1) is 11.6. The molecular formula is C22H31N2P. The van der Waals surface area contributed by atoms with Gasteiger partial charge in [-0.15, -0.1) is 0 Å². The molecule has 2 aromatic rings. The Morgan fingerprint density at radius 1 is 0.600 bits per heavy atom. The Morgan fingerprint density at radius 2 is 0.920 bits per heavy atom. The minimum absolute atomic E-state index is 0.215. The molecule has 0 N–H and O–H groups in total. The van der Waals surface area contributed by atoms with Crippen LogP contribution < -0.4 is 9.34 Å². The van der Waals surface area contributed by atoms with E-state index < -0.39 is 0 Å². The van der Waals surface area contributed by atoms with Crippen LogP contribution in [0.1, 0.15) is 52.7 Å². The van der Waals surface area contributed by atoms with Crippen molar-refractivity contribution in [1.82, 2.24) is 0 Å². The molecule has 1 aliphatic rings. The molecule has 3 rings (SSSR count). The van der Waals surface area contributed by atoms with Crippen LogP contribution in [0.4, 0.5) is 11.4 Å². The van der Waals surface area contributed by atoms with E-state index in [1.54, 1.807) is 0 Å². The van der Waals surface area contributed by atoms with Crippen LogP contribution in [0.3, 0.4) is 0 Å². The van der Waals surface area contributed by atoms with Gasteiger partial charge in [-0.05, 0) is 46.2 Å². The zero-order valence-corrected chi connectivity index (χ0v) is 17.4. The second-order valence-electron chi connectivity index (χ2n) is 9.00. The Hall–Kier alpha value is -1.53. The van der Waals surface area contributed by atoms with Gasteiger partial charge in [-0.2, -0.15) is 0 Å². The number of anilines is 2. The summed E-state index contributed by atoms with van der Waals surface area (Å²) < 4.78 is 4.98. The summed E-state index contributed by atoms with van der Waals surface area (Å²) in [5, 5.41) is 0. The van der Waals surface area contributed by atoms with Gasteiger partial charge in [0.2, 0.25) is 0 Å². The highest BCUT2D eigenvalue weighted by atomic mass is 31.1. The minimum atomic E-state index is 0.215. The average molecular weight is 354 g/mol. The van der Waals surface area contributed by atoms with Gasteiger partial charge in [0, 0.05) is 24.5 Å². The first-order valence-electron chi connectivity index (χ1n) is 9.17. The second-order valence-corrected chi connectivity index (χ2v) is 10.3. The number of benzene rings is 2. The molecule has 0 unspecified atom stereocenters. The monoisotopic (exact) mass is 354 g/mol. The average Bonchev–Trinajstić information content (AvgIpc) is 3.03. The number of rotatable bonds is 2. The topological polar surface area (TPSA) is 6.48 Å². The molecule has 1 fully saturated rings. The molecule has 1 saturated heterocycles. The van der Waals surface area contributed by atoms with Crippen molar-refractivity contribution < 1.29 is 0 Å². The van der Waals surface area contributed by atoms with E-state index in [4.69, 9.17) is 0 Å². The molecule has 0 aromatic heterocycles. The van der Waals surface area contributed by atoms with Gasteiger partial charge in [-0.1, -0.05) is 65.8 Å². The van der Waals surface area contributed by atoms with E-state index in [0.29, 0.717) is 8.88 Å². The summed E-state index contributed by atoms with van der Waals surface area (Å²) in [6.07, 6.45) is 0. The highest BCUT2D eigenvalue weighted by Crippen LogP contribution is 2.40. The van der Waals surface area contributed by atoms with Crippen molar-refractivity contribution in [1.29, 1.82) is 0 Å². The van der Waals surface area contributed by atoms with Crippen molar-refractivity contribution in [2.75, 3.05) is 22.4 Å². The van der Waals surface area contributed by atoms with Crippen LogP contribution in [0.15, 0.2) is 48.5 Å². The Bertz CT molecular complexity index is 642. The van der Waals surface area contributed by atoms with E-state index in [0.717, 1.165) is 13.1 Å². The van der Waals surface area contributed by atoms with Crippen molar-refractivity contribution in [3.05, 3.63) is 59.7 Å². The van der Waals surface area contributed by atoms with Crippen molar-refractivity contribution in [3.63, 3.8) is 0 Å². The van der Waals surface area contributed by atoms with Gasteiger partial charge in [0.15, 0.2) is 0 Å². The van der Waals surface area contributed by atoms with Crippen LogP contribution in [-0.4, -0.2) is 13.1 Å². The summed E-state index contributed by atoms with van der Waals surface area (Å²) in [4.78, 5) is 0. The Kier molecular flexibility index (Phi) is 4.86. The van der Waals surface area contributed by atoms with Crippen molar-refractivity contribution in [2.45, 2.75) is 52.4 Å². The Balaban J connectivity index is 1.69. The molecule has 0 saturated carbocycles. The lowest BCUT2D eigenvalue weighted by atomic mass is 9.87. The molecule has 0 spiro atoms. The summed E-state index contributed by atoms with van der Waals surface area (Å²) >= 11 is 0. The Morgan fingerprint density at radius 3 is 1.20 bits per heavy atom. The quantitative estimate of drug-likeness (QED) is 0.600. The predicted molar refractivity (Wildman–Crippen MR) is 113 cm³/mol. The van der Waals surface area contributed by atoms with Crippen LogP contribution in [0.25, 0.3) is 0 Å². The zero-order valence-electron chi connectivity index (χ0n) is 16.4. The fourth-order valence-corrected chi connectivity index (χ4v) is 4.32. The summed E-state index contributed by atoms with van der Waals surface area (Å²) in [5.74, 6) is 0. The van der Waals surface area contributed by atoms with Crippen LogP contribution in [-0.2, 0) is 10.8 Å². The third-order valence-electron chi connectivity index (χ3n) is 4.88. The van der Waals surface area contributed by atoms with Crippen molar-refractivity contribution >= 4 is 20.3 Å². The molecule has 25 heavy (non-hydrogen) atoms. The van der Waals surface area contributed by atoms with Gasteiger partial charge in [0.05, 0.1) is 8.88 Å². The van der Waals surface area contributed by atoms with E-state index in [-0.39, 0.29) is 10.8 Å². The third-order valence-corrected chi connectivity index (χ3v) is 6.33. The number of nitrogens with zero attached hydrogens (tertiary/aromatic N) is 2. The van der Waals surface area contributed by atoms with E-state index in [2.05, 4.69) is 99.4 Å². The van der Waals surface area contributed by atoms with Gasteiger partial charge >= 0.3 is 0 Å². The first-order valence-corrected chi connectivity index (χ1v) is 10.1. The molecular weight excluding hydrogens is 323 g/mol. The van der Waals surface area contributed by atoms with E-state index in [1.165, 1.54) is 22.5 Å². The second kappa shape index (κ2) is 6.65. The predicted octanol–water partition coefficient (Wildman–Crippen LogP) is 6.12. The standard InChI is InChI=1S/C22H31N2P/c1-21(2,3)17-7-11-19(12-8-17)23-15-16-24(25-23)20-13-9-18(10-14-20)22(4,5)6/h7-14,25H,15-16H2,1-6H3. The van der Waals surface area contributed by atoms with E-state index in [1.807, 2.05) is 0 Å². The molecule has 2 nitrogen and oxygen atoms in total. The fourth-order valence-electron chi connectivity index (χ4n) is 3.10. The summed E-state index contributed by atoms with van der Waals surface area (Å²) in [6, 6.07) is 18.2. The highest BCUT2D eigenvalue weighted by molar-refractivity contribution is 7.42. The molecule has 0 amide bonds. The van der Waals surface area contributed by atoms with Gasteiger partial charge in [0.25, 0.3) is 0 Å². The first kappa shape index (κ1) is 18.3. The maximum absolute atomic E-state index is 2.49. The van der Waals surface area contributed by atoms with Crippen LogP contribution >= 0.6 is 8.88 Å². The smallest absolute Gasteiger partial charge is 0.0799 e. The molecule has 0 atom stereocenters. The normalized spacial score (nSPS) is 15.8. The lowest BCUT2D eigenvalue weighted by molar-refractivity contribution is 0.590. The lowest BCUT2D eigenvalue weighted by Gasteiger charge is -2.24. The molecule has 2 aromatic carbocycles. The lowest BCUT2D eigenvalue weighted by Crippen LogP contribution is -2.13. The minimum Gasteiger partial charge on any atom is -0.334 e. The summed E-state index contributed by atoms with van der Waals surface area (Å²) in [6.45, 7) is 15.8. The van der Waals surface area contributed by atoms with Crippen LogP contribution in [0, 0.1) is 0 Å². The maximum atomic E-state index is 2.49. The number of hydrogen-bond acceptors (Lipinski definition) is 2. The molecule has 1 heterocycles. The maximum Gasteiger partial charge on any atom is 0.0799 e. The van der Waals surface area contributed by atoms with Gasteiger partial charge < -0.3 is 9.34 Å². The summed E-state index contributed by atoms with van der Waals surface area (Å²) in [7, 11) is 0.679. The summed E-state index contributed by atoms with van der Waals surface area (Å²) in [5.41, 5.74) is 5.89. The van der Waals surface area contributed by atoms with Crippen LogP contribution in [0.5, 0.6) is 0 Å². The van der Waals surface area contributed by atoms with Crippen LogP contribution in [0.2, 0.25) is 0 Å². The molecule has 3 heteroatoms. The van der Waals surface area contributed by atoms with Gasteiger partial charge in [0.1, 0.15) is 0 Å². The zero-order chi connectivity index (χ0) is 18.2. The largest absolute Gasteiger partial charge is 0.334 e. The molecule has 1 aliphatic heterocycles. The van der Waals surface area contributed by atoms with E-state index in [9.17, 15) is 0 Å². The van der Waals surface area contributed by atoms with Crippen molar-refractivity contribution in [2.24, 2.45) is 0 Å². The highest BCUT2D eigenvalue weighted by Gasteiger charge is 2.22. The molecule has 134 valence electrons. The SMILES string of the molecule is CC(C)(C)c1ccc(N2CCN(c3ccc(C(C)(C)C)cc3)P2)cc1. The molecule has 0 aliphatic carbocycles. The van der Waals surface area contributed by atoms with Gasteiger partial charge in [-0.25, -0.2) is 0 Å².